The molecule has 0 unspecified atom stereocenters. The molecule has 6 amide bonds. The molecular formula is C25H36N6O7. The van der Waals surface area contributed by atoms with Gasteiger partial charge in [-0.05, 0) is 39.2 Å². The van der Waals surface area contributed by atoms with Gasteiger partial charge in [-0.25, -0.2) is 9.80 Å². The molecule has 13 heteroatoms. The Morgan fingerprint density at radius 1 is 1.00 bits per heavy atom. The summed E-state index contributed by atoms with van der Waals surface area (Å²) in [6, 6.07) is 6.59. The van der Waals surface area contributed by atoms with Crippen LogP contribution in [-0.2, 0) is 35.3 Å². The fourth-order valence-corrected chi connectivity index (χ4v) is 3.82. The lowest BCUT2D eigenvalue weighted by atomic mass is 10.2. The van der Waals surface area contributed by atoms with Crippen LogP contribution >= 0.6 is 0 Å². The van der Waals surface area contributed by atoms with Gasteiger partial charge in [0.15, 0.2) is 6.10 Å². The van der Waals surface area contributed by atoms with Crippen molar-refractivity contribution in [2.24, 2.45) is 0 Å². The third-order valence-electron chi connectivity index (χ3n) is 5.89. The summed E-state index contributed by atoms with van der Waals surface area (Å²) in [6.07, 6.45) is -1.15. The molecule has 13 nitrogen and oxygen atoms in total. The Balaban J connectivity index is 1.86. The summed E-state index contributed by atoms with van der Waals surface area (Å²) in [6.45, 7) is 6.23. The lowest BCUT2D eigenvalue weighted by Crippen LogP contribution is -2.57. The molecule has 1 saturated heterocycles. The van der Waals surface area contributed by atoms with E-state index >= 15 is 0 Å². The van der Waals surface area contributed by atoms with Crippen LogP contribution in [0.25, 0.3) is 0 Å². The quantitative estimate of drug-likeness (QED) is 0.320. The minimum Gasteiger partial charge on any atom is -0.435 e. The van der Waals surface area contributed by atoms with Crippen molar-refractivity contribution in [3.63, 3.8) is 0 Å². The molecule has 38 heavy (non-hydrogen) atoms. The van der Waals surface area contributed by atoms with Crippen LogP contribution in [0.2, 0.25) is 0 Å². The molecule has 0 aliphatic carbocycles. The minimum absolute atomic E-state index is 0.269. The molecule has 0 radical (unpaired) electrons. The first-order chi connectivity index (χ1) is 17.9. The summed E-state index contributed by atoms with van der Waals surface area (Å²) in [4.78, 5) is 75.2. The highest BCUT2D eigenvalue weighted by molar-refractivity contribution is 5.94. The Morgan fingerprint density at radius 2 is 1.66 bits per heavy atom. The summed E-state index contributed by atoms with van der Waals surface area (Å²) in [5.74, 6) is -2.50. The van der Waals surface area contributed by atoms with Gasteiger partial charge in [0.2, 0.25) is 17.7 Å². The molecule has 1 aromatic rings. The summed E-state index contributed by atoms with van der Waals surface area (Å²) in [5.41, 5.74) is 3.27. The van der Waals surface area contributed by atoms with Crippen LogP contribution in [-0.4, -0.2) is 83.4 Å². The largest absolute Gasteiger partial charge is 0.435 e. The Labute approximate surface area is 221 Å². The van der Waals surface area contributed by atoms with Gasteiger partial charge in [0.25, 0.3) is 11.8 Å². The highest BCUT2D eigenvalue weighted by Crippen LogP contribution is 2.19. The van der Waals surface area contributed by atoms with Gasteiger partial charge in [-0.15, -0.1) is 0 Å². The van der Waals surface area contributed by atoms with E-state index in [0.717, 1.165) is 10.6 Å². The topological polar surface area (TPSA) is 166 Å². The Kier molecular flexibility index (Phi) is 11.0. The Hall–Kier alpha value is -4.16. The number of nitrogens with one attached hydrogen (secondary N) is 4. The van der Waals surface area contributed by atoms with Crippen molar-refractivity contribution < 1.29 is 33.5 Å². The molecule has 0 bridgehead atoms. The first-order valence-corrected chi connectivity index (χ1v) is 12.3. The van der Waals surface area contributed by atoms with Crippen LogP contribution < -0.4 is 21.4 Å². The number of hydrazine groups is 1. The van der Waals surface area contributed by atoms with Crippen molar-refractivity contribution in [2.45, 2.75) is 71.3 Å². The van der Waals surface area contributed by atoms with E-state index < -0.39 is 54.0 Å². The number of nitrogens with zero attached hydrogens (tertiary/aromatic N) is 2. The van der Waals surface area contributed by atoms with Crippen LogP contribution in [0.5, 0.6) is 0 Å². The van der Waals surface area contributed by atoms with E-state index in [1.54, 1.807) is 0 Å². The summed E-state index contributed by atoms with van der Waals surface area (Å²) >= 11 is 0. The van der Waals surface area contributed by atoms with Crippen molar-refractivity contribution in [2.75, 3.05) is 13.6 Å². The molecule has 0 aromatic heterocycles. The van der Waals surface area contributed by atoms with E-state index in [9.17, 15) is 28.8 Å². The minimum atomic E-state index is -1.11. The molecule has 1 aliphatic rings. The van der Waals surface area contributed by atoms with Crippen LogP contribution in [0.15, 0.2) is 30.3 Å². The molecular weight excluding hydrogens is 496 g/mol. The molecule has 1 aromatic carbocycles. The number of carbonyl (C=O) groups is 6. The molecule has 0 spiro atoms. The normalized spacial score (nSPS) is 16.9. The van der Waals surface area contributed by atoms with Crippen molar-refractivity contribution in [1.82, 2.24) is 31.3 Å². The number of rotatable bonds is 9. The highest BCUT2D eigenvalue weighted by Gasteiger charge is 2.37. The first-order valence-electron chi connectivity index (χ1n) is 12.3. The van der Waals surface area contributed by atoms with Crippen LogP contribution in [0.1, 0.15) is 46.1 Å². The van der Waals surface area contributed by atoms with Crippen LogP contribution in [0.3, 0.4) is 0 Å². The van der Waals surface area contributed by atoms with Crippen molar-refractivity contribution in [1.29, 1.82) is 0 Å². The summed E-state index contributed by atoms with van der Waals surface area (Å²) in [5, 5.41) is 8.45. The molecule has 208 valence electrons. The molecule has 1 heterocycles. The second-order valence-corrected chi connectivity index (χ2v) is 9.11. The molecule has 1 aliphatic heterocycles. The number of likely N-dealkylation sites (tertiary alicyclic amines) is 1. The predicted molar refractivity (Wildman–Crippen MR) is 136 cm³/mol. The second kappa shape index (κ2) is 14.0. The van der Waals surface area contributed by atoms with Crippen molar-refractivity contribution >= 4 is 35.6 Å². The van der Waals surface area contributed by atoms with Crippen molar-refractivity contribution in [3.8, 4) is 0 Å². The van der Waals surface area contributed by atoms with Gasteiger partial charge < -0.3 is 25.6 Å². The smallest absolute Gasteiger partial charge is 0.429 e. The third-order valence-corrected chi connectivity index (χ3v) is 5.89. The van der Waals surface area contributed by atoms with Crippen LogP contribution in [0.4, 0.5) is 4.79 Å². The summed E-state index contributed by atoms with van der Waals surface area (Å²) < 4.78 is 5.13. The van der Waals surface area contributed by atoms with E-state index in [1.807, 2.05) is 30.3 Å². The molecule has 4 N–H and O–H groups in total. The first kappa shape index (κ1) is 30.1. The zero-order valence-corrected chi connectivity index (χ0v) is 22.3. The van der Waals surface area contributed by atoms with E-state index in [-0.39, 0.29) is 12.5 Å². The van der Waals surface area contributed by atoms with E-state index in [1.165, 1.54) is 39.6 Å². The maximum absolute atomic E-state index is 12.9. The van der Waals surface area contributed by atoms with Gasteiger partial charge in [-0.1, -0.05) is 30.3 Å². The number of amides is 6. The van der Waals surface area contributed by atoms with Gasteiger partial charge in [0.05, 0.1) is 0 Å². The monoisotopic (exact) mass is 532 g/mol. The van der Waals surface area contributed by atoms with Crippen LogP contribution in [0, 0.1) is 0 Å². The average Bonchev–Trinajstić information content (AvgIpc) is 3.36. The van der Waals surface area contributed by atoms with Gasteiger partial charge in [0.1, 0.15) is 18.1 Å². The maximum atomic E-state index is 12.9. The Morgan fingerprint density at radius 3 is 2.29 bits per heavy atom. The maximum Gasteiger partial charge on any atom is 0.429 e. The van der Waals surface area contributed by atoms with Gasteiger partial charge in [-0.3, -0.25) is 29.4 Å². The fraction of sp³-hybridized carbons (Fsp3) is 0.520. The molecule has 1 fully saturated rings. The van der Waals surface area contributed by atoms with Gasteiger partial charge >= 0.3 is 6.09 Å². The highest BCUT2D eigenvalue weighted by atomic mass is 16.6. The number of hydrogen-bond donors (Lipinski definition) is 4. The SMILES string of the molecule is CC(=O)N[C@@H](C)C(=O)N[C@@H](C)C(=O)N1CCC[C@H]1C(=O)NN(C)C(=O)O[C@@H](C)C(=O)NCc1ccccc1. The standard InChI is InChI=1S/C25H36N6O7/c1-15(27-18(4)32)21(33)28-16(2)24(36)31-13-9-12-20(31)23(35)29-30(5)25(37)38-17(3)22(34)26-14-19-10-7-6-8-11-19/h6-8,10-11,15-17,20H,9,12-14H2,1-5H3,(H,26,34)(H,27,32)(H,28,33)(H,29,35)/t15-,16-,17-,20-/m0/s1. The number of benzene rings is 1. The number of carbonyl (C=O) groups excluding carboxylic acids is 6. The Bertz CT molecular complexity index is 1030. The lowest BCUT2D eigenvalue weighted by Gasteiger charge is -2.29. The average molecular weight is 533 g/mol. The third kappa shape index (κ3) is 8.75. The lowest BCUT2D eigenvalue weighted by molar-refractivity contribution is -0.142. The second-order valence-electron chi connectivity index (χ2n) is 9.11. The zero-order valence-electron chi connectivity index (χ0n) is 22.3. The van der Waals surface area contributed by atoms with E-state index in [4.69, 9.17) is 4.74 Å². The van der Waals surface area contributed by atoms with E-state index in [0.29, 0.717) is 19.4 Å². The predicted octanol–water partition coefficient (Wildman–Crippen LogP) is -0.189. The van der Waals surface area contributed by atoms with Gasteiger partial charge in [-0.2, -0.15) is 0 Å². The molecule has 0 saturated carbocycles. The molecule has 4 atom stereocenters. The fourth-order valence-electron chi connectivity index (χ4n) is 3.82. The summed E-state index contributed by atoms with van der Waals surface area (Å²) in [7, 11) is 1.27. The molecule has 2 rings (SSSR count). The van der Waals surface area contributed by atoms with Gasteiger partial charge in [0, 0.05) is 27.1 Å². The number of hydrogen-bond acceptors (Lipinski definition) is 7. The van der Waals surface area contributed by atoms with E-state index in [2.05, 4.69) is 21.4 Å². The zero-order chi connectivity index (χ0) is 28.4. The number of ether oxygens (including phenoxy) is 1. The van der Waals surface area contributed by atoms with Crippen molar-refractivity contribution in [3.05, 3.63) is 35.9 Å².